The molecule has 0 bridgehead atoms. The molecule has 3 aromatic heterocycles. The summed E-state index contributed by atoms with van der Waals surface area (Å²) in [7, 11) is 0. The monoisotopic (exact) mass is 446 g/mol. The van der Waals surface area contributed by atoms with E-state index in [9.17, 15) is 0 Å². The number of nitrogens with zero attached hydrogens (tertiary/aromatic N) is 4. The van der Waals surface area contributed by atoms with Gasteiger partial charge in [0.05, 0.1) is 16.9 Å². The highest BCUT2D eigenvalue weighted by atomic mass is 35.5. The van der Waals surface area contributed by atoms with Crippen molar-refractivity contribution < 1.29 is 0 Å². The number of fused-ring (bicyclic) bond motifs is 1. The van der Waals surface area contributed by atoms with Gasteiger partial charge in [0.2, 0.25) is 0 Å². The number of nitrogens with one attached hydrogen (secondary N) is 2. The zero-order valence-electron chi connectivity index (χ0n) is 17.9. The maximum absolute atomic E-state index is 6.08. The van der Waals surface area contributed by atoms with Crippen molar-refractivity contribution in [1.82, 2.24) is 25.2 Å². The van der Waals surface area contributed by atoms with Gasteiger partial charge in [-0.15, -0.1) is 0 Å². The molecule has 0 fully saturated rings. The topological polar surface area (TPSA) is 66.0 Å². The Morgan fingerprint density at radius 3 is 2.19 bits per heavy atom. The molecule has 0 aliphatic carbocycles. The molecule has 0 saturated carbocycles. The minimum absolute atomic E-state index is 0.699. The van der Waals surface area contributed by atoms with Crippen LogP contribution in [0.4, 0.5) is 5.69 Å². The zero-order chi connectivity index (χ0) is 22.0. The smallest absolute Gasteiger partial charge is 0.0737 e. The van der Waals surface area contributed by atoms with E-state index in [0.717, 1.165) is 67.2 Å². The van der Waals surface area contributed by atoms with Gasteiger partial charge in [0, 0.05) is 74.0 Å². The molecule has 0 spiro atoms. The minimum Gasteiger partial charge on any atom is -0.383 e. The molecule has 32 heavy (non-hydrogen) atoms. The molecule has 0 saturated heterocycles. The van der Waals surface area contributed by atoms with Crippen LogP contribution >= 0.6 is 11.6 Å². The molecule has 0 radical (unpaired) electrons. The summed E-state index contributed by atoms with van der Waals surface area (Å²) in [6.07, 6.45) is 5.49. The van der Waals surface area contributed by atoms with E-state index in [4.69, 9.17) is 11.6 Å². The summed E-state index contributed by atoms with van der Waals surface area (Å²) in [6.45, 7) is 5.06. The van der Waals surface area contributed by atoms with Gasteiger partial charge in [-0.2, -0.15) is 0 Å². The minimum atomic E-state index is 0.699. The van der Waals surface area contributed by atoms with Crippen LogP contribution in [0.5, 0.6) is 0 Å². The fourth-order valence-electron chi connectivity index (χ4n) is 3.58. The summed E-state index contributed by atoms with van der Waals surface area (Å²) in [5, 5.41) is 8.81. The van der Waals surface area contributed by atoms with Crippen LogP contribution in [0.15, 0.2) is 79.3 Å². The molecule has 0 aliphatic rings. The summed E-state index contributed by atoms with van der Waals surface area (Å²) in [5.74, 6) is 0. The number of benzene rings is 1. The van der Waals surface area contributed by atoms with E-state index in [1.165, 1.54) is 0 Å². The first-order valence-electron chi connectivity index (χ1n) is 10.8. The summed E-state index contributed by atoms with van der Waals surface area (Å²) < 4.78 is 0. The van der Waals surface area contributed by atoms with Gasteiger partial charge in [-0.05, 0) is 48.5 Å². The van der Waals surface area contributed by atoms with Crippen LogP contribution in [-0.2, 0) is 13.1 Å². The van der Waals surface area contributed by atoms with Crippen molar-refractivity contribution in [2.24, 2.45) is 0 Å². The van der Waals surface area contributed by atoms with Crippen LogP contribution in [0.1, 0.15) is 11.4 Å². The molecule has 0 amide bonds. The van der Waals surface area contributed by atoms with Crippen molar-refractivity contribution in [3.63, 3.8) is 0 Å². The lowest BCUT2D eigenvalue weighted by atomic mass is 10.2. The molecule has 6 nitrogen and oxygen atoms in total. The third-order valence-electron chi connectivity index (χ3n) is 5.15. The van der Waals surface area contributed by atoms with Crippen molar-refractivity contribution in [3.05, 3.63) is 95.7 Å². The molecule has 7 heteroatoms. The van der Waals surface area contributed by atoms with E-state index in [1.54, 1.807) is 0 Å². The molecule has 1 aromatic carbocycles. The molecule has 4 aromatic rings. The van der Waals surface area contributed by atoms with Gasteiger partial charge in [-0.25, -0.2) is 0 Å². The average Bonchev–Trinajstić information content (AvgIpc) is 2.82. The predicted octanol–water partition coefficient (Wildman–Crippen LogP) is 4.38. The molecule has 2 N–H and O–H groups in total. The van der Waals surface area contributed by atoms with Crippen LogP contribution in [0, 0.1) is 0 Å². The fourth-order valence-corrected chi connectivity index (χ4v) is 3.74. The number of halogens is 1. The molecule has 0 aliphatic heterocycles. The van der Waals surface area contributed by atoms with Crippen LogP contribution < -0.4 is 10.6 Å². The van der Waals surface area contributed by atoms with Gasteiger partial charge in [-0.3, -0.25) is 19.9 Å². The Kier molecular flexibility index (Phi) is 7.98. The van der Waals surface area contributed by atoms with Crippen molar-refractivity contribution in [1.29, 1.82) is 0 Å². The molecule has 4 rings (SSSR count). The van der Waals surface area contributed by atoms with Crippen LogP contribution in [0.25, 0.3) is 10.9 Å². The third kappa shape index (κ3) is 6.47. The first-order chi connectivity index (χ1) is 15.8. The number of pyridine rings is 3. The van der Waals surface area contributed by atoms with E-state index in [0.29, 0.717) is 5.02 Å². The summed E-state index contributed by atoms with van der Waals surface area (Å²) >= 11 is 6.08. The predicted molar refractivity (Wildman–Crippen MR) is 131 cm³/mol. The second-order valence-corrected chi connectivity index (χ2v) is 7.99. The Morgan fingerprint density at radius 2 is 1.50 bits per heavy atom. The number of anilines is 1. The van der Waals surface area contributed by atoms with Crippen LogP contribution in [0.2, 0.25) is 5.02 Å². The molecule has 164 valence electrons. The quantitative estimate of drug-likeness (QED) is 0.333. The Hall–Kier alpha value is -3.06. The number of aromatic nitrogens is 3. The van der Waals surface area contributed by atoms with Gasteiger partial charge in [-0.1, -0.05) is 23.7 Å². The number of hydrogen-bond donors (Lipinski definition) is 2. The van der Waals surface area contributed by atoms with E-state index < -0.39 is 0 Å². The van der Waals surface area contributed by atoms with Gasteiger partial charge in [0.25, 0.3) is 0 Å². The highest BCUT2D eigenvalue weighted by molar-refractivity contribution is 6.31. The normalized spacial score (nSPS) is 11.2. The first-order valence-corrected chi connectivity index (χ1v) is 11.2. The molecular weight excluding hydrogens is 420 g/mol. The molecule has 0 atom stereocenters. The number of rotatable bonds is 11. The lowest BCUT2D eigenvalue weighted by molar-refractivity contribution is 0.251. The van der Waals surface area contributed by atoms with Crippen molar-refractivity contribution >= 4 is 28.2 Å². The SMILES string of the molecule is Clc1ccc2c(NCCNCCN(Cc3ccccn3)Cc3ccccn3)ccnc2c1. The Morgan fingerprint density at radius 1 is 0.750 bits per heavy atom. The van der Waals surface area contributed by atoms with Crippen LogP contribution in [-0.4, -0.2) is 46.0 Å². The summed E-state index contributed by atoms with van der Waals surface area (Å²) in [6, 6.07) is 19.9. The third-order valence-corrected chi connectivity index (χ3v) is 5.39. The average molecular weight is 447 g/mol. The highest BCUT2D eigenvalue weighted by Crippen LogP contribution is 2.24. The lowest BCUT2D eigenvalue weighted by Gasteiger charge is -2.22. The maximum Gasteiger partial charge on any atom is 0.0737 e. The molecule has 3 heterocycles. The fraction of sp³-hybridized carbons (Fsp3) is 0.240. The zero-order valence-corrected chi connectivity index (χ0v) is 18.7. The first kappa shape index (κ1) is 22.1. The Bertz CT molecular complexity index is 1070. The van der Waals surface area contributed by atoms with Gasteiger partial charge >= 0.3 is 0 Å². The Balaban J connectivity index is 1.26. The van der Waals surface area contributed by atoms with Gasteiger partial charge in [0.15, 0.2) is 0 Å². The maximum atomic E-state index is 6.08. The van der Waals surface area contributed by atoms with Gasteiger partial charge in [0.1, 0.15) is 0 Å². The standard InChI is InChI=1S/C25H27ClN6/c26-20-7-8-23-24(9-12-30-25(23)17-20)31-14-13-27-15-16-32(18-21-5-1-3-10-28-21)19-22-6-2-4-11-29-22/h1-12,17,27H,13-16,18-19H2,(H,30,31). The molecular formula is C25H27ClN6. The Labute approximate surface area is 193 Å². The van der Waals surface area contributed by atoms with E-state index >= 15 is 0 Å². The lowest BCUT2D eigenvalue weighted by Crippen LogP contribution is -2.33. The van der Waals surface area contributed by atoms with E-state index in [-0.39, 0.29) is 0 Å². The highest BCUT2D eigenvalue weighted by Gasteiger charge is 2.08. The number of hydrogen-bond acceptors (Lipinski definition) is 6. The van der Waals surface area contributed by atoms with Crippen LogP contribution in [0.3, 0.4) is 0 Å². The molecule has 0 unspecified atom stereocenters. The van der Waals surface area contributed by atoms with Crippen molar-refractivity contribution in [3.8, 4) is 0 Å². The van der Waals surface area contributed by atoms with E-state index in [1.807, 2.05) is 67.1 Å². The van der Waals surface area contributed by atoms with Gasteiger partial charge < -0.3 is 10.6 Å². The summed E-state index contributed by atoms with van der Waals surface area (Å²) in [5.41, 5.74) is 4.10. The van der Waals surface area contributed by atoms with Crippen molar-refractivity contribution in [2.45, 2.75) is 13.1 Å². The van der Waals surface area contributed by atoms with E-state index in [2.05, 4.69) is 42.6 Å². The van der Waals surface area contributed by atoms with Crippen molar-refractivity contribution in [2.75, 3.05) is 31.5 Å². The second-order valence-electron chi connectivity index (χ2n) is 7.55. The second kappa shape index (κ2) is 11.5. The largest absolute Gasteiger partial charge is 0.383 e. The summed E-state index contributed by atoms with van der Waals surface area (Å²) in [4.78, 5) is 15.7.